The van der Waals surface area contributed by atoms with Gasteiger partial charge in [0.25, 0.3) is 0 Å². The highest BCUT2D eigenvalue weighted by molar-refractivity contribution is 8.76. The Morgan fingerprint density at radius 1 is 0.642 bits per heavy atom. The molecular formula is C69H92ClN17O17S2. The summed E-state index contributed by atoms with van der Waals surface area (Å²) in [4.78, 5) is 206. The second kappa shape index (κ2) is 41.5. The summed E-state index contributed by atoms with van der Waals surface area (Å²) in [6, 6.07) is 3.84. The van der Waals surface area contributed by atoms with Crippen molar-refractivity contribution in [2.24, 2.45) is 33.8 Å². The van der Waals surface area contributed by atoms with E-state index in [1.54, 1.807) is 54.7 Å². The number of aromatic amines is 1. The number of carbonyl (C=O) groups is 14. The highest BCUT2D eigenvalue weighted by Crippen LogP contribution is 2.30. The van der Waals surface area contributed by atoms with Crippen LogP contribution >= 0.6 is 33.2 Å². The normalized spacial score (nSPS) is 22.8. The van der Waals surface area contributed by atoms with Gasteiger partial charge in [-0.2, -0.15) is 0 Å². The van der Waals surface area contributed by atoms with Gasteiger partial charge in [0.05, 0.1) is 0 Å². The Morgan fingerprint density at radius 3 is 1.89 bits per heavy atom. The number of carboxylic acid groups (broad SMARTS) is 2. The number of aromatic hydroxyl groups is 1. The number of guanidine groups is 1. The third-order valence-electron chi connectivity index (χ3n) is 18.1. The smallest absolute Gasteiger partial charge is 0.303 e. The molecule has 0 spiro atoms. The van der Waals surface area contributed by atoms with E-state index < -0.39 is 193 Å². The van der Waals surface area contributed by atoms with Crippen molar-refractivity contribution >= 4 is 133 Å². The first kappa shape index (κ1) is 83.1. The number of para-hydroxylation sites is 1. The maximum Gasteiger partial charge on any atom is 0.303 e. The molecule has 1 aromatic heterocycles. The number of carbonyl (C=O) groups excluding carboxylic acids is 12. The molecule has 0 radical (unpaired) electrons. The maximum atomic E-state index is 15.3. The van der Waals surface area contributed by atoms with Crippen molar-refractivity contribution in [3.63, 3.8) is 0 Å². The molecule has 106 heavy (non-hydrogen) atoms. The molecule has 22 N–H and O–H groups in total. The molecular weight excluding hydrogens is 1440 g/mol. The zero-order valence-corrected chi connectivity index (χ0v) is 60.5. The molecule has 574 valence electrons. The van der Waals surface area contributed by atoms with Crippen LogP contribution < -0.4 is 76.1 Å². The third kappa shape index (κ3) is 25.8. The molecule has 0 unspecified atom stereocenters. The number of primary amides is 1. The lowest BCUT2D eigenvalue weighted by molar-refractivity contribution is -0.139. The lowest BCUT2D eigenvalue weighted by Crippen LogP contribution is -2.61. The first-order chi connectivity index (χ1) is 50.7. The number of nitrogens with zero attached hydrogens (tertiary/aromatic N) is 2. The monoisotopic (exact) mass is 1530 g/mol. The van der Waals surface area contributed by atoms with Gasteiger partial charge in [0.1, 0.15) is 66.2 Å². The van der Waals surface area contributed by atoms with Gasteiger partial charge in [-0.3, -0.25) is 72.1 Å². The molecule has 3 aromatic carbocycles. The Balaban J connectivity index is 1.28. The highest BCUT2D eigenvalue weighted by Gasteiger charge is 2.41. The van der Waals surface area contributed by atoms with Gasteiger partial charge < -0.3 is 101 Å². The number of aromatic nitrogens is 1. The number of halogens is 1. The van der Waals surface area contributed by atoms with Crippen molar-refractivity contribution in [2.45, 2.75) is 170 Å². The van der Waals surface area contributed by atoms with Crippen molar-refractivity contribution < 1.29 is 82.4 Å². The minimum absolute atomic E-state index is 0.0111. The summed E-state index contributed by atoms with van der Waals surface area (Å²) in [5, 5.41) is 57.0. The number of amides is 12. The number of fused-ring (bicyclic) bond motifs is 1. The molecule has 3 heterocycles. The fourth-order valence-corrected chi connectivity index (χ4v) is 15.0. The second-order valence-corrected chi connectivity index (χ2v) is 28.9. The van der Waals surface area contributed by atoms with Crippen molar-refractivity contribution in [3.8, 4) is 5.75 Å². The number of likely N-dealkylation sites (tertiary alicyclic amines) is 1. The Labute approximate surface area is 622 Å². The summed E-state index contributed by atoms with van der Waals surface area (Å²) in [6.45, 7) is -0.221. The van der Waals surface area contributed by atoms with Crippen molar-refractivity contribution in [3.05, 3.63) is 101 Å². The van der Waals surface area contributed by atoms with Gasteiger partial charge in [-0.25, -0.2) is 0 Å². The van der Waals surface area contributed by atoms with Crippen LogP contribution in [0.15, 0.2) is 84.0 Å². The molecule has 2 aliphatic heterocycles. The van der Waals surface area contributed by atoms with Crippen LogP contribution in [0, 0.1) is 5.92 Å². The van der Waals surface area contributed by atoms with Gasteiger partial charge in [-0.1, -0.05) is 94.6 Å². The van der Waals surface area contributed by atoms with E-state index in [-0.39, 0.29) is 87.2 Å². The fraction of sp³-hybridized carbons (Fsp3) is 0.493. The molecule has 3 aliphatic rings. The number of aliphatic carboxylic acids is 2. The van der Waals surface area contributed by atoms with Gasteiger partial charge in [0.2, 0.25) is 70.9 Å². The van der Waals surface area contributed by atoms with Gasteiger partial charge >= 0.3 is 11.9 Å². The van der Waals surface area contributed by atoms with Gasteiger partial charge in [-0.15, -0.1) is 0 Å². The van der Waals surface area contributed by atoms with E-state index in [1.807, 2.05) is 0 Å². The minimum Gasteiger partial charge on any atom is -0.508 e. The average Bonchev–Trinajstić information content (AvgIpc) is 1.64. The number of phenolic OH excluding ortho intramolecular Hbond substituents is 1. The molecule has 1 aliphatic carbocycles. The SMILES string of the molecule is NCCC(=O)N1CCC[C@H]1C(=O)N[C@@H](Cc1ccc(O)cc1)C(=O)N[C@H]1CSSC[C@H](C(N)=O)NC(=O)[C@H](CCC(=O)O)NC(=O)[C@H](Cc2c[nH]c3ccccc23)NC(=O)[C@H](CCC(=O)O)NC(=O)CCNC(=O)[C@H](CCCN=C(N)N)NC(=O)[C@@H](Cc2ccccc2Cl)NC(=O)[C@H](C2CCCC2)NC1=O. The summed E-state index contributed by atoms with van der Waals surface area (Å²) in [7, 11) is 1.73. The van der Waals surface area contributed by atoms with E-state index in [0.29, 0.717) is 59.7 Å². The van der Waals surface area contributed by atoms with Crippen molar-refractivity contribution in [1.82, 2.24) is 63.1 Å². The molecule has 1 saturated carbocycles. The molecule has 10 atom stereocenters. The van der Waals surface area contributed by atoms with Gasteiger partial charge in [0.15, 0.2) is 5.96 Å². The third-order valence-corrected chi connectivity index (χ3v) is 20.9. The lowest BCUT2D eigenvalue weighted by Gasteiger charge is -2.30. The Morgan fingerprint density at radius 2 is 1.24 bits per heavy atom. The second-order valence-electron chi connectivity index (χ2n) is 25.9. The number of carboxylic acids is 2. The van der Waals surface area contributed by atoms with Crippen LogP contribution in [0.5, 0.6) is 5.75 Å². The van der Waals surface area contributed by atoms with E-state index in [9.17, 15) is 68.1 Å². The van der Waals surface area contributed by atoms with Gasteiger partial charge in [0, 0.05) is 105 Å². The van der Waals surface area contributed by atoms with Gasteiger partial charge in [-0.05, 0) is 98.2 Å². The number of hydrogen-bond acceptors (Lipinski definition) is 19. The summed E-state index contributed by atoms with van der Waals surface area (Å²) in [5.74, 6) is -15.4. The topological polar surface area (TPSA) is 555 Å². The van der Waals surface area contributed by atoms with E-state index in [4.69, 9.17) is 34.5 Å². The Kier molecular flexibility index (Phi) is 32.5. The van der Waals surface area contributed by atoms with Crippen LogP contribution in [-0.4, -0.2) is 212 Å². The predicted molar refractivity (Wildman–Crippen MR) is 392 cm³/mol. The van der Waals surface area contributed by atoms with Crippen molar-refractivity contribution in [1.29, 1.82) is 0 Å². The molecule has 3 fully saturated rings. The van der Waals surface area contributed by atoms with Crippen LogP contribution in [-0.2, 0) is 86.4 Å². The zero-order chi connectivity index (χ0) is 77.0. The summed E-state index contributed by atoms with van der Waals surface area (Å²) in [6.07, 6.45) is 0.265. The quantitative estimate of drug-likeness (QED) is 0.0166. The Hall–Kier alpha value is -10.2. The average molecular weight is 1530 g/mol. The van der Waals surface area contributed by atoms with Crippen LogP contribution in [0.1, 0.15) is 107 Å². The minimum atomic E-state index is -1.76. The number of nitrogens with one attached hydrogen (secondary N) is 11. The number of aliphatic imine (C=N–C) groups is 1. The molecule has 34 nitrogen and oxygen atoms in total. The number of rotatable bonds is 24. The summed E-state index contributed by atoms with van der Waals surface area (Å²) >= 11 is 6.68. The highest BCUT2D eigenvalue weighted by atomic mass is 35.5. The van der Waals surface area contributed by atoms with Crippen LogP contribution in [0.4, 0.5) is 0 Å². The number of hydrogen-bond donors (Lipinski definition) is 18. The predicted octanol–water partition coefficient (Wildman–Crippen LogP) is -1.38. The maximum absolute atomic E-state index is 15.3. The number of H-pyrrole nitrogens is 1. The first-order valence-electron chi connectivity index (χ1n) is 34.8. The van der Waals surface area contributed by atoms with Crippen LogP contribution in [0.3, 0.4) is 0 Å². The summed E-state index contributed by atoms with van der Waals surface area (Å²) in [5.41, 5.74) is 24.7. The number of nitrogens with two attached hydrogens (primary N) is 4. The van der Waals surface area contributed by atoms with E-state index in [0.717, 1.165) is 21.6 Å². The fourth-order valence-electron chi connectivity index (χ4n) is 12.5. The zero-order valence-electron chi connectivity index (χ0n) is 58.1. The van der Waals surface area contributed by atoms with E-state index >= 15 is 14.4 Å². The van der Waals surface area contributed by atoms with Crippen LogP contribution in [0.25, 0.3) is 10.9 Å². The standard InChI is InChI=1S/C69H92ClN17O17S2/c70-43-13-5-3-11-39(43)32-49-64(100)79-45(15-7-28-76-69(73)74)60(96)75-29-26-54(89)78-46(21-23-56(91)92)61(97)81-50(33-40-34-77-44-14-6-4-12-42(40)44)65(101)80-47(22-24-57(93)94)62(98)84-51(59(72)95)35-105-106-36-52(66(102)86-58(68(104)83-49)38-9-1-2-10-38)85-63(99)48(31-37-17-19-41(88)20-18-37)82-67(103)53-16-8-30-87(53)55(90)25-27-71/h3-6,11-14,17-20,34,38,45-53,58,77,88H,1-2,7-10,15-16,21-33,35-36,71H2,(H2,72,95)(H,75,96)(H,78,89)(H,79,100)(H,80,101)(H,81,97)(H,82,103)(H,83,104)(H,84,98)(H,85,99)(H,86,102)(H,91,92)(H,93,94)(H4,73,74,76)/t45-,46-,47-,48-,49+,50-,51+,52-,53-,58-/m0/s1. The molecule has 4 aromatic rings. The number of benzene rings is 3. The van der Waals surface area contributed by atoms with Crippen LogP contribution in [0.2, 0.25) is 5.02 Å². The molecule has 0 bridgehead atoms. The molecule has 2 saturated heterocycles. The van der Waals surface area contributed by atoms with Crippen molar-refractivity contribution in [2.75, 3.05) is 37.7 Å². The lowest BCUT2D eigenvalue weighted by atomic mass is 9.95. The number of phenols is 1. The van der Waals surface area contributed by atoms with E-state index in [1.165, 1.54) is 29.2 Å². The molecule has 12 amide bonds. The molecule has 7 rings (SSSR count). The van der Waals surface area contributed by atoms with E-state index in [2.05, 4.69) is 63.1 Å². The largest absolute Gasteiger partial charge is 0.508 e. The summed E-state index contributed by atoms with van der Waals surface area (Å²) < 4.78 is 0. The Bertz CT molecular complexity index is 3840. The first-order valence-corrected chi connectivity index (χ1v) is 37.6. The molecule has 37 heteroatoms.